The standard InChI is InChI=1S/C30H37ClN2O5/c1-38-30(37)26-18-22-13-16-25(34)17-23(22)19-33(26)29(36)28(21-8-3-2-4-9-21)32-27(35)10-6-5-7-20-11-14-24(31)15-12-20/h11-17,21,26,28,34H,2-10,18-19H2,1H3,(H,32,35)/t26-,28-/m0/s1. The lowest BCUT2D eigenvalue weighted by Gasteiger charge is -2.39. The minimum Gasteiger partial charge on any atom is -0.508 e. The molecule has 0 bridgehead atoms. The summed E-state index contributed by atoms with van der Waals surface area (Å²) in [5.41, 5.74) is 2.88. The highest BCUT2D eigenvalue weighted by Gasteiger charge is 2.41. The molecule has 0 unspecified atom stereocenters. The Kier molecular flexibility index (Phi) is 9.67. The summed E-state index contributed by atoms with van der Waals surface area (Å²) < 4.78 is 5.05. The Morgan fingerprint density at radius 3 is 2.50 bits per heavy atom. The SMILES string of the molecule is COC(=O)[C@@H]1Cc2ccc(O)cc2CN1C(=O)[C@@H](NC(=O)CCCCc1ccc(Cl)cc1)C1CCCCC1. The quantitative estimate of drug-likeness (QED) is 0.346. The number of phenols is 1. The number of rotatable bonds is 9. The Bertz CT molecular complexity index is 1130. The van der Waals surface area contributed by atoms with Gasteiger partial charge in [-0.25, -0.2) is 4.79 Å². The Labute approximate surface area is 229 Å². The van der Waals surface area contributed by atoms with Gasteiger partial charge in [0.05, 0.1) is 7.11 Å². The lowest BCUT2D eigenvalue weighted by molar-refractivity contribution is -0.155. The Balaban J connectivity index is 1.45. The molecule has 1 aliphatic carbocycles. The van der Waals surface area contributed by atoms with E-state index >= 15 is 0 Å². The van der Waals surface area contributed by atoms with E-state index in [4.69, 9.17) is 16.3 Å². The largest absolute Gasteiger partial charge is 0.508 e. The van der Waals surface area contributed by atoms with Crippen LogP contribution in [-0.4, -0.2) is 47.0 Å². The number of hydrogen-bond acceptors (Lipinski definition) is 5. The highest BCUT2D eigenvalue weighted by atomic mass is 35.5. The number of ether oxygens (including phenoxy) is 1. The molecule has 4 rings (SSSR count). The molecule has 2 N–H and O–H groups in total. The number of amides is 2. The van der Waals surface area contributed by atoms with E-state index in [0.29, 0.717) is 24.3 Å². The van der Waals surface area contributed by atoms with E-state index in [1.165, 1.54) is 17.6 Å². The molecule has 1 saturated carbocycles. The number of carbonyl (C=O) groups excluding carboxylic acids is 3. The smallest absolute Gasteiger partial charge is 0.328 e. The fourth-order valence-electron chi connectivity index (χ4n) is 5.69. The van der Waals surface area contributed by atoms with Crippen LogP contribution in [0.1, 0.15) is 68.1 Å². The molecule has 8 heteroatoms. The third-order valence-corrected chi connectivity index (χ3v) is 8.06. The van der Waals surface area contributed by atoms with Gasteiger partial charge in [0.25, 0.3) is 0 Å². The molecular formula is C30H37ClN2O5. The van der Waals surface area contributed by atoms with Gasteiger partial charge in [-0.2, -0.15) is 0 Å². The fraction of sp³-hybridized carbons (Fsp3) is 0.500. The van der Waals surface area contributed by atoms with Gasteiger partial charge in [-0.05, 0) is 79.0 Å². The van der Waals surface area contributed by atoms with Crippen molar-refractivity contribution < 1.29 is 24.2 Å². The molecule has 1 fully saturated rings. The van der Waals surface area contributed by atoms with Crippen molar-refractivity contribution in [3.8, 4) is 5.75 Å². The molecule has 7 nitrogen and oxygen atoms in total. The van der Waals surface area contributed by atoms with E-state index in [0.717, 1.165) is 56.1 Å². The molecule has 2 aromatic rings. The van der Waals surface area contributed by atoms with Gasteiger partial charge in [0.1, 0.15) is 17.8 Å². The van der Waals surface area contributed by atoms with Crippen molar-refractivity contribution in [2.45, 2.75) is 82.8 Å². The summed E-state index contributed by atoms with van der Waals surface area (Å²) in [5, 5.41) is 13.8. The number of aromatic hydroxyl groups is 1. The molecule has 2 aliphatic rings. The first-order valence-corrected chi connectivity index (χ1v) is 14.0. The van der Waals surface area contributed by atoms with Gasteiger partial charge in [-0.3, -0.25) is 9.59 Å². The zero-order valence-electron chi connectivity index (χ0n) is 22.0. The number of phenolic OH excluding ortho intramolecular Hbond substituents is 1. The molecule has 204 valence electrons. The molecule has 38 heavy (non-hydrogen) atoms. The van der Waals surface area contributed by atoms with Gasteiger partial charge >= 0.3 is 5.97 Å². The van der Waals surface area contributed by atoms with Gasteiger partial charge in [0.2, 0.25) is 11.8 Å². The van der Waals surface area contributed by atoms with Crippen LogP contribution in [0.3, 0.4) is 0 Å². The first-order chi connectivity index (χ1) is 18.4. The first kappa shape index (κ1) is 28.0. The van der Waals surface area contributed by atoms with Crippen LogP contribution in [0.5, 0.6) is 5.75 Å². The van der Waals surface area contributed by atoms with E-state index in [1.807, 2.05) is 24.3 Å². The number of hydrogen-bond donors (Lipinski definition) is 2. The number of nitrogens with one attached hydrogen (secondary N) is 1. The van der Waals surface area contributed by atoms with Crippen molar-refractivity contribution in [2.75, 3.05) is 7.11 Å². The first-order valence-electron chi connectivity index (χ1n) is 13.6. The second-order valence-corrected chi connectivity index (χ2v) is 10.9. The minimum absolute atomic E-state index is 0.0261. The van der Waals surface area contributed by atoms with Gasteiger partial charge in [-0.1, -0.05) is 49.1 Å². The number of esters is 1. The van der Waals surface area contributed by atoms with Gasteiger partial charge in [-0.15, -0.1) is 0 Å². The maximum Gasteiger partial charge on any atom is 0.328 e. The molecule has 2 aromatic carbocycles. The molecular weight excluding hydrogens is 504 g/mol. The zero-order chi connectivity index (χ0) is 27.1. The van der Waals surface area contributed by atoms with Crippen molar-refractivity contribution >= 4 is 29.4 Å². The Morgan fingerprint density at radius 2 is 1.79 bits per heavy atom. The summed E-state index contributed by atoms with van der Waals surface area (Å²) in [7, 11) is 1.32. The molecule has 0 saturated heterocycles. The number of aryl methyl sites for hydroxylation is 1. The molecule has 0 radical (unpaired) electrons. The molecule has 2 amide bonds. The van der Waals surface area contributed by atoms with E-state index < -0.39 is 18.1 Å². The van der Waals surface area contributed by atoms with Gasteiger partial charge in [0, 0.05) is 24.4 Å². The van der Waals surface area contributed by atoms with Crippen molar-refractivity contribution in [3.05, 3.63) is 64.2 Å². The number of halogens is 1. The third-order valence-electron chi connectivity index (χ3n) is 7.81. The van der Waals surface area contributed by atoms with Crippen molar-refractivity contribution in [1.82, 2.24) is 10.2 Å². The average Bonchev–Trinajstić information content (AvgIpc) is 2.94. The Hall–Kier alpha value is -3.06. The van der Waals surface area contributed by atoms with E-state index in [-0.39, 0.29) is 30.0 Å². The van der Waals surface area contributed by atoms with Crippen LogP contribution in [0.2, 0.25) is 5.02 Å². The predicted molar refractivity (Wildman–Crippen MR) is 146 cm³/mol. The lowest BCUT2D eigenvalue weighted by Crippen LogP contribution is -2.58. The topological polar surface area (TPSA) is 95.9 Å². The summed E-state index contributed by atoms with van der Waals surface area (Å²) in [4.78, 5) is 41.3. The van der Waals surface area contributed by atoms with E-state index in [1.54, 1.807) is 18.2 Å². The predicted octanol–water partition coefficient (Wildman–Crippen LogP) is 4.95. The zero-order valence-corrected chi connectivity index (χ0v) is 22.7. The lowest BCUT2D eigenvalue weighted by atomic mass is 9.82. The van der Waals surface area contributed by atoms with Crippen LogP contribution < -0.4 is 5.32 Å². The van der Waals surface area contributed by atoms with E-state index in [2.05, 4.69) is 5.32 Å². The van der Waals surface area contributed by atoms with Crippen molar-refractivity contribution in [3.63, 3.8) is 0 Å². The number of methoxy groups -OCH3 is 1. The molecule has 2 atom stereocenters. The Morgan fingerprint density at radius 1 is 1.05 bits per heavy atom. The summed E-state index contributed by atoms with van der Waals surface area (Å²) in [5.74, 6) is -0.736. The van der Waals surface area contributed by atoms with Gasteiger partial charge < -0.3 is 20.1 Å². The average molecular weight is 541 g/mol. The normalized spacial score (nSPS) is 18.4. The molecule has 1 aliphatic heterocycles. The number of unbranched alkanes of at least 4 members (excludes halogenated alkanes) is 1. The van der Waals surface area contributed by atoms with Crippen molar-refractivity contribution in [2.24, 2.45) is 5.92 Å². The number of fused-ring (bicyclic) bond motifs is 1. The maximum atomic E-state index is 14.0. The van der Waals surface area contributed by atoms with E-state index in [9.17, 15) is 19.5 Å². The molecule has 1 heterocycles. The second-order valence-electron chi connectivity index (χ2n) is 10.4. The summed E-state index contributed by atoms with van der Waals surface area (Å²) in [6.07, 6.45) is 7.95. The fourth-order valence-corrected chi connectivity index (χ4v) is 5.81. The van der Waals surface area contributed by atoms with Crippen LogP contribution >= 0.6 is 11.6 Å². The van der Waals surface area contributed by atoms with Gasteiger partial charge in [0.15, 0.2) is 0 Å². The van der Waals surface area contributed by atoms with Crippen LogP contribution in [0.25, 0.3) is 0 Å². The van der Waals surface area contributed by atoms with Crippen molar-refractivity contribution in [1.29, 1.82) is 0 Å². The number of carbonyl (C=O) groups is 3. The van der Waals surface area contributed by atoms with Crippen LogP contribution in [0.15, 0.2) is 42.5 Å². The maximum absolute atomic E-state index is 14.0. The van der Waals surface area contributed by atoms with Crippen LogP contribution in [0, 0.1) is 5.92 Å². The van der Waals surface area contributed by atoms with Crippen LogP contribution in [0.4, 0.5) is 0 Å². The third kappa shape index (κ3) is 7.07. The summed E-state index contributed by atoms with van der Waals surface area (Å²) in [6.45, 7) is 0.183. The monoisotopic (exact) mass is 540 g/mol. The van der Waals surface area contributed by atoms with Crippen LogP contribution in [-0.2, 0) is 38.5 Å². The number of benzene rings is 2. The second kappa shape index (κ2) is 13.1. The minimum atomic E-state index is -0.771. The molecule has 0 aromatic heterocycles. The summed E-state index contributed by atoms with van der Waals surface area (Å²) in [6, 6.07) is 11.3. The highest BCUT2D eigenvalue weighted by molar-refractivity contribution is 6.30. The molecule has 0 spiro atoms. The highest BCUT2D eigenvalue weighted by Crippen LogP contribution is 2.32. The summed E-state index contributed by atoms with van der Waals surface area (Å²) >= 11 is 5.95. The number of nitrogens with zero attached hydrogens (tertiary/aromatic N) is 1.